The number of aldehydes is 1. The van der Waals surface area contributed by atoms with Crippen molar-refractivity contribution in [1.82, 2.24) is 4.90 Å². The van der Waals surface area contributed by atoms with Gasteiger partial charge in [0.2, 0.25) is 0 Å². The van der Waals surface area contributed by atoms with Crippen molar-refractivity contribution < 1.29 is 36.0 Å². The van der Waals surface area contributed by atoms with Crippen molar-refractivity contribution in [2.24, 2.45) is 16.3 Å². The molecule has 2 aromatic rings. The molecule has 1 aliphatic heterocycles. The van der Waals surface area contributed by atoms with Crippen LogP contribution in [0.1, 0.15) is 65.8 Å². The summed E-state index contributed by atoms with van der Waals surface area (Å²) in [4.78, 5) is 42.6. The molecule has 3 rings (SSSR count). The summed E-state index contributed by atoms with van der Waals surface area (Å²) in [6.07, 6.45) is 0.115. The van der Waals surface area contributed by atoms with Crippen molar-refractivity contribution in [3.8, 4) is 0 Å². The van der Waals surface area contributed by atoms with Gasteiger partial charge in [-0.05, 0) is 74.1 Å². The number of hydrogen-bond acceptors (Lipinski definition) is 5. The summed E-state index contributed by atoms with van der Waals surface area (Å²) < 4.78 is 66.2. The van der Waals surface area contributed by atoms with Gasteiger partial charge in [-0.25, -0.2) is 13.4 Å². The second-order valence-corrected chi connectivity index (χ2v) is 12.1. The number of amides is 2. The molecule has 0 radical (unpaired) electrons. The number of nitrogens with zero attached hydrogens (tertiary/aromatic N) is 2. The fourth-order valence-electron chi connectivity index (χ4n) is 4.46. The van der Waals surface area contributed by atoms with Crippen LogP contribution in [0.3, 0.4) is 0 Å². The molecule has 0 aromatic heterocycles. The van der Waals surface area contributed by atoms with Crippen LogP contribution in [-0.2, 0) is 14.8 Å². The maximum Gasteiger partial charge on any atom is 0.392 e. The van der Waals surface area contributed by atoms with E-state index in [0.717, 1.165) is 12.5 Å². The summed E-state index contributed by atoms with van der Waals surface area (Å²) >= 11 is 0. The zero-order valence-corrected chi connectivity index (χ0v) is 24.5. The molecular weight excluding hydrogens is 571 g/mol. The van der Waals surface area contributed by atoms with Gasteiger partial charge in [0.05, 0.1) is 11.3 Å². The van der Waals surface area contributed by atoms with Crippen LogP contribution < -0.4 is 4.72 Å². The molecule has 0 spiro atoms. The number of benzene rings is 2. The SMILES string of the molecule is CCC(C)C=NC(=O)c1cccc(S(=O)(=O)Nc2ccc(C(=O)N3CCC(C=O)(C=CCC(F)(F)F)CC3)cc2)c1C. The molecule has 1 aliphatic rings. The van der Waals surface area contributed by atoms with E-state index in [1.54, 1.807) is 6.21 Å². The highest BCUT2D eigenvalue weighted by Gasteiger charge is 2.35. The fourth-order valence-corrected chi connectivity index (χ4v) is 5.79. The minimum Gasteiger partial charge on any atom is -0.339 e. The Kier molecular flexibility index (Phi) is 10.5. The number of halogens is 3. The standard InChI is InChI=1S/C30H34F3N3O5S/c1-4-21(2)19-34-27(38)25-7-5-8-26(22(25)3)42(40,41)35-24-11-9-23(10-12-24)28(39)36-17-15-29(20-37,16-18-36)13-6-14-30(31,32)33/h5-13,19-21,35H,4,14-18H2,1-3H3. The first-order valence-electron chi connectivity index (χ1n) is 13.5. The lowest BCUT2D eigenvalue weighted by molar-refractivity contribution is -0.125. The zero-order chi connectivity index (χ0) is 31.1. The lowest BCUT2D eigenvalue weighted by Gasteiger charge is -2.36. The molecule has 1 saturated heterocycles. The smallest absolute Gasteiger partial charge is 0.339 e. The number of alkyl halides is 3. The number of allylic oxidation sites excluding steroid dienone is 2. The van der Waals surface area contributed by atoms with E-state index in [2.05, 4.69) is 9.71 Å². The molecule has 42 heavy (non-hydrogen) atoms. The molecule has 1 fully saturated rings. The molecule has 0 aliphatic carbocycles. The van der Waals surface area contributed by atoms with Crippen molar-refractivity contribution >= 4 is 40.0 Å². The number of anilines is 1. The molecule has 12 heteroatoms. The Labute approximate surface area is 243 Å². The molecule has 226 valence electrons. The molecule has 1 heterocycles. The van der Waals surface area contributed by atoms with E-state index in [4.69, 9.17) is 0 Å². The second-order valence-electron chi connectivity index (χ2n) is 10.4. The number of carbonyl (C=O) groups excluding carboxylic acids is 3. The van der Waals surface area contributed by atoms with Gasteiger partial charge in [0.1, 0.15) is 6.29 Å². The monoisotopic (exact) mass is 605 g/mol. The highest BCUT2D eigenvalue weighted by Crippen LogP contribution is 2.33. The predicted octanol–water partition coefficient (Wildman–Crippen LogP) is 5.98. The Bertz CT molecular complexity index is 1460. The lowest BCUT2D eigenvalue weighted by Crippen LogP contribution is -2.43. The Balaban J connectivity index is 1.68. The Hall–Kier alpha value is -3.80. The molecular formula is C30H34F3N3O5S. The van der Waals surface area contributed by atoms with Gasteiger partial charge in [-0.3, -0.25) is 14.3 Å². The highest BCUT2D eigenvalue weighted by molar-refractivity contribution is 7.92. The van der Waals surface area contributed by atoms with E-state index in [-0.39, 0.29) is 65.0 Å². The third-order valence-corrected chi connectivity index (χ3v) is 8.82. The van der Waals surface area contributed by atoms with Crippen LogP contribution in [0.4, 0.5) is 18.9 Å². The summed E-state index contributed by atoms with van der Waals surface area (Å²) in [5, 5.41) is 0. The number of likely N-dealkylation sites (tertiary alicyclic amines) is 1. The van der Waals surface area contributed by atoms with E-state index in [1.165, 1.54) is 60.4 Å². The van der Waals surface area contributed by atoms with Crippen molar-refractivity contribution in [1.29, 1.82) is 0 Å². The van der Waals surface area contributed by atoms with Gasteiger partial charge >= 0.3 is 6.18 Å². The molecule has 1 N–H and O–H groups in total. The summed E-state index contributed by atoms with van der Waals surface area (Å²) in [5.74, 6) is -0.775. The van der Waals surface area contributed by atoms with E-state index in [9.17, 15) is 36.0 Å². The normalized spacial score (nSPS) is 16.5. The molecule has 2 aromatic carbocycles. The first kappa shape index (κ1) is 32.7. The highest BCUT2D eigenvalue weighted by atomic mass is 32.2. The average molecular weight is 606 g/mol. The van der Waals surface area contributed by atoms with E-state index >= 15 is 0 Å². The molecule has 0 saturated carbocycles. The van der Waals surface area contributed by atoms with Gasteiger partial charge in [0.15, 0.2) is 0 Å². The van der Waals surface area contributed by atoms with Gasteiger partial charge < -0.3 is 9.69 Å². The van der Waals surface area contributed by atoms with Gasteiger partial charge in [-0.1, -0.05) is 32.1 Å². The van der Waals surface area contributed by atoms with E-state index in [1.807, 2.05) is 13.8 Å². The molecule has 2 amide bonds. The third-order valence-electron chi connectivity index (χ3n) is 7.29. The number of piperidine rings is 1. The zero-order valence-electron chi connectivity index (χ0n) is 23.6. The van der Waals surface area contributed by atoms with Crippen molar-refractivity contribution in [2.75, 3.05) is 17.8 Å². The summed E-state index contributed by atoms with van der Waals surface area (Å²) in [6.45, 7) is 5.78. The van der Waals surface area contributed by atoms with Gasteiger partial charge in [-0.2, -0.15) is 13.2 Å². The van der Waals surface area contributed by atoms with Crippen LogP contribution in [0.25, 0.3) is 0 Å². The third kappa shape index (κ3) is 8.37. The first-order valence-corrected chi connectivity index (χ1v) is 15.0. The Morgan fingerprint density at radius 2 is 1.76 bits per heavy atom. The Morgan fingerprint density at radius 3 is 2.33 bits per heavy atom. The molecule has 0 bridgehead atoms. The van der Waals surface area contributed by atoms with Crippen molar-refractivity contribution in [3.05, 3.63) is 71.3 Å². The largest absolute Gasteiger partial charge is 0.392 e. The van der Waals surface area contributed by atoms with Crippen LogP contribution in [0.5, 0.6) is 0 Å². The molecule has 1 atom stereocenters. The maximum absolute atomic E-state index is 13.2. The molecule has 1 unspecified atom stereocenters. The first-order chi connectivity index (χ1) is 19.7. The fraction of sp³-hybridized carbons (Fsp3) is 0.400. The minimum absolute atomic E-state index is 0.0801. The van der Waals surface area contributed by atoms with E-state index in [0.29, 0.717) is 6.29 Å². The summed E-state index contributed by atoms with van der Waals surface area (Å²) in [7, 11) is -4.08. The number of sulfonamides is 1. The maximum atomic E-state index is 13.2. The van der Waals surface area contributed by atoms with Crippen LogP contribution >= 0.6 is 0 Å². The predicted molar refractivity (Wildman–Crippen MR) is 154 cm³/mol. The summed E-state index contributed by atoms with van der Waals surface area (Å²) in [5.41, 5.74) is -0.134. The van der Waals surface area contributed by atoms with Crippen LogP contribution in [-0.4, -0.2) is 56.9 Å². The number of rotatable bonds is 10. The molecule has 8 nitrogen and oxygen atoms in total. The van der Waals surface area contributed by atoms with Crippen molar-refractivity contribution in [2.45, 2.75) is 57.5 Å². The Morgan fingerprint density at radius 1 is 1.12 bits per heavy atom. The van der Waals surface area contributed by atoms with Gasteiger partial charge in [0.25, 0.3) is 21.8 Å². The number of aliphatic imine (C=N–C) groups is 1. The number of nitrogens with one attached hydrogen (secondary N) is 1. The van der Waals surface area contributed by atoms with E-state index < -0.39 is 33.9 Å². The van der Waals surface area contributed by atoms with Crippen LogP contribution in [0, 0.1) is 18.3 Å². The summed E-state index contributed by atoms with van der Waals surface area (Å²) in [6, 6.07) is 10.2. The number of carbonyl (C=O) groups is 3. The quantitative estimate of drug-likeness (QED) is 0.203. The topological polar surface area (TPSA) is 113 Å². The average Bonchev–Trinajstić information content (AvgIpc) is 2.95. The van der Waals surface area contributed by atoms with Crippen LogP contribution in [0.15, 0.2) is 64.5 Å². The van der Waals surface area contributed by atoms with Gasteiger partial charge in [0, 0.05) is 41.5 Å². The van der Waals surface area contributed by atoms with Crippen molar-refractivity contribution in [3.63, 3.8) is 0 Å². The van der Waals surface area contributed by atoms with Crippen LogP contribution in [0.2, 0.25) is 0 Å². The van der Waals surface area contributed by atoms with Gasteiger partial charge in [-0.15, -0.1) is 0 Å². The minimum atomic E-state index is -4.36. The lowest BCUT2D eigenvalue weighted by atomic mass is 9.79. The second kappa shape index (κ2) is 13.5. The number of hydrogen-bond donors (Lipinski definition) is 1.